The second-order valence-electron chi connectivity index (χ2n) is 6.25. The molecule has 0 saturated heterocycles. The van der Waals surface area contributed by atoms with E-state index in [4.69, 9.17) is 0 Å². The molecule has 0 aliphatic carbocycles. The number of hydrogen-bond donors (Lipinski definition) is 1. The molecule has 132 valence electrons. The fourth-order valence-corrected chi connectivity index (χ4v) is 2.71. The van der Waals surface area contributed by atoms with Crippen LogP contribution in [0.5, 0.6) is 0 Å². The summed E-state index contributed by atoms with van der Waals surface area (Å²) < 4.78 is 0. The summed E-state index contributed by atoms with van der Waals surface area (Å²) in [6.45, 7) is 2.89. The van der Waals surface area contributed by atoms with Gasteiger partial charge in [0, 0.05) is 19.3 Å². The standard InChI is InChI=1S/C22H23N3O/c1-3-17-9-11-19(12-10-17)24-22(26)21-14-13-20(15-23-21)25(2)16-18-7-5-4-6-8-18/h4-15H,3,16H2,1-2H3,(H,24,26). The lowest BCUT2D eigenvalue weighted by molar-refractivity contribution is 0.102. The molecule has 0 aliphatic rings. The quantitative estimate of drug-likeness (QED) is 0.714. The summed E-state index contributed by atoms with van der Waals surface area (Å²) >= 11 is 0. The van der Waals surface area contributed by atoms with Crippen molar-refractivity contribution in [1.29, 1.82) is 0 Å². The van der Waals surface area contributed by atoms with Crippen LogP contribution in [0.3, 0.4) is 0 Å². The number of aryl methyl sites for hydroxylation is 1. The average molecular weight is 345 g/mol. The highest BCUT2D eigenvalue weighted by molar-refractivity contribution is 6.02. The Morgan fingerprint density at radius 3 is 2.31 bits per heavy atom. The van der Waals surface area contributed by atoms with E-state index in [0.717, 1.165) is 24.3 Å². The lowest BCUT2D eigenvalue weighted by Gasteiger charge is -2.19. The SMILES string of the molecule is CCc1ccc(NC(=O)c2ccc(N(C)Cc3ccccc3)cn2)cc1. The van der Waals surface area contributed by atoms with Gasteiger partial charge >= 0.3 is 0 Å². The van der Waals surface area contributed by atoms with Gasteiger partial charge in [-0.1, -0.05) is 49.4 Å². The Morgan fingerprint density at radius 2 is 1.69 bits per heavy atom. The number of anilines is 2. The van der Waals surface area contributed by atoms with Crippen molar-refractivity contribution in [1.82, 2.24) is 4.98 Å². The molecule has 0 unspecified atom stereocenters. The average Bonchev–Trinajstić information content (AvgIpc) is 2.69. The van der Waals surface area contributed by atoms with Crippen LogP contribution in [-0.2, 0) is 13.0 Å². The minimum Gasteiger partial charge on any atom is -0.369 e. The van der Waals surface area contributed by atoms with E-state index in [9.17, 15) is 4.79 Å². The molecule has 0 aliphatic heterocycles. The second kappa shape index (κ2) is 8.30. The van der Waals surface area contributed by atoms with E-state index in [1.165, 1.54) is 11.1 Å². The fraction of sp³-hybridized carbons (Fsp3) is 0.182. The van der Waals surface area contributed by atoms with E-state index in [1.807, 2.05) is 55.6 Å². The maximum Gasteiger partial charge on any atom is 0.274 e. The van der Waals surface area contributed by atoms with E-state index in [2.05, 4.69) is 34.3 Å². The van der Waals surface area contributed by atoms with E-state index in [0.29, 0.717) is 5.69 Å². The molecule has 1 N–H and O–H groups in total. The zero-order valence-electron chi connectivity index (χ0n) is 15.1. The number of nitrogens with one attached hydrogen (secondary N) is 1. The summed E-state index contributed by atoms with van der Waals surface area (Å²) in [6, 6.07) is 21.8. The molecule has 0 fully saturated rings. The van der Waals surface area contributed by atoms with Crippen molar-refractivity contribution < 1.29 is 4.79 Å². The summed E-state index contributed by atoms with van der Waals surface area (Å²) in [4.78, 5) is 18.8. The van der Waals surface area contributed by atoms with Gasteiger partial charge in [-0.3, -0.25) is 4.79 Å². The van der Waals surface area contributed by atoms with Crippen molar-refractivity contribution in [2.45, 2.75) is 19.9 Å². The van der Waals surface area contributed by atoms with Crippen LogP contribution >= 0.6 is 0 Å². The van der Waals surface area contributed by atoms with Crippen molar-refractivity contribution in [2.75, 3.05) is 17.3 Å². The topological polar surface area (TPSA) is 45.2 Å². The van der Waals surface area contributed by atoms with E-state index < -0.39 is 0 Å². The fourth-order valence-electron chi connectivity index (χ4n) is 2.71. The van der Waals surface area contributed by atoms with Crippen LogP contribution in [0.2, 0.25) is 0 Å². The molecule has 3 aromatic rings. The molecule has 26 heavy (non-hydrogen) atoms. The van der Waals surface area contributed by atoms with Gasteiger partial charge in [0.25, 0.3) is 5.91 Å². The van der Waals surface area contributed by atoms with E-state index in [-0.39, 0.29) is 5.91 Å². The number of aromatic nitrogens is 1. The summed E-state index contributed by atoms with van der Waals surface area (Å²) in [5.74, 6) is -0.202. The molecule has 4 heteroatoms. The van der Waals surface area contributed by atoms with Crippen molar-refractivity contribution in [3.8, 4) is 0 Å². The largest absolute Gasteiger partial charge is 0.369 e. The molecule has 0 saturated carbocycles. The van der Waals surface area contributed by atoms with Crippen LogP contribution < -0.4 is 10.2 Å². The molecule has 0 radical (unpaired) electrons. The van der Waals surface area contributed by atoms with Gasteiger partial charge in [-0.15, -0.1) is 0 Å². The maximum atomic E-state index is 12.4. The van der Waals surface area contributed by atoms with Crippen molar-refractivity contribution in [3.63, 3.8) is 0 Å². The van der Waals surface area contributed by atoms with Gasteiger partial charge in [-0.2, -0.15) is 0 Å². The zero-order valence-corrected chi connectivity index (χ0v) is 15.1. The Balaban J connectivity index is 1.63. The van der Waals surface area contributed by atoms with E-state index >= 15 is 0 Å². The van der Waals surface area contributed by atoms with Crippen molar-refractivity contribution in [3.05, 3.63) is 89.7 Å². The van der Waals surface area contributed by atoms with Crippen LogP contribution in [0.1, 0.15) is 28.5 Å². The Hall–Kier alpha value is -3.14. The molecule has 2 aromatic carbocycles. The molecular formula is C22H23N3O. The number of rotatable bonds is 6. The number of carbonyl (C=O) groups is 1. The molecule has 1 heterocycles. The first kappa shape index (κ1) is 17.7. The molecule has 0 bridgehead atoms. The third kappa shape index (κ3) is 4.48. The van der Waals surface area contributed by atoms with Gasteiger partial charge in [-0.05, 0) is 41.8 Å². The maximum absolute atomic E-state index is 12.4. The molecule has 3 rings (SSSR count). The van der Waals surface area contributed by atoms with Crippen LogP contribution in [0.15, 0.2) is 72.9 Å². The Labute approximate surface area is 154 Å². The van der Waals surface area contributed by atoms with Crippen LogP contribution in [0, 0.1) is 0 Å². The van der Waals surface area contributed by atoms with Gasteiger partial charge in [0.05, 0.1) is 11.9 Å². The number of benzene rings is 2. The first-order valence-electron chi connectivity index (χ1n) is 8.77. The summed E-state index contributed by atoms with van der Waals surface area (Å²) in [6.07, 6.45) is 2.71. The molecular weight excluding hydrogens is 322 g/mol. The van der Waals surface area contributed by atoms with Crippen LogP contribution in [0.4, 0.5) is 11.4 Å². The Bertz CT molecular complexity index is 843. The van der Waals surface area contributed by atoms with Gasteiger partial charge in [0.2, 0.25) is 0 Å². The number of nitrogens with zero attached hydrogens (tertiary/aromatic N) is 2. The normalized spacial score (nSPS) is 10.4. The summed E-state index contributed by atoms with van der Waals surface area (Å²) in [7, 11) is 2.01. The summed E-state index contributed by atoms with van der Waals surface area (Å²) in [5.41, 5.74) is 4.62. The lowest BCUT2D eigenvalue weighted by atomic mass is 10.1. The third-order valence-corrected chi connectivity index (χ3v) is 4.30. The zero-order chi connectivity index (χ0) is 18.4. The van der Waals surface area contributed by atoms with Gasteiger partial charge < -0.3 is 10.2 Å². The minimum absolute atomic E-state index is 0.202. The van der Waals surface area contributed by atoms with Crippen LogP contribution in [-0.4, -0.2) is 17.9 Å². The first-order valence-corrected chi connectivity index (χ1v) is 8.77. The van der Waals surface area contributed by atoms with Crippen LogP contribution in [0.25, 0.3) is 0 Å². The highest BCUT2D eigenvalue weighted by Gasteiger charge is 2.09. The lowest BCUT2D eigenvalue weighted by Crippen LogP contribution is -2.18. The Kier molecular flexibility index (Phi) is 5.64. The molecule has 1 aromatic heterocycles. The monoisotopic (exact) mass is 345 g/mol. The number of pyridine rings is 1. The van der Waals surface area contributed by atoms with Crippen molar-refractivity contribution >= 4 is 17.3 Å². The van der Waals surface area contributed by atoms with E-state index in [1.54, 1.807) is 12.3 Å². The number of hydrogen-bond acceptors (Lipinski definition) is 3. The highest BCUT2D eigenvalue weighted by atomic mass is 16.1. The third-order valence-electron chi connectivity index (χ3n) is 4.30. The minimum atomic E-state index is -0.202. The molecule has 1 amide bonds. The number of carbonyl (C=O) groups excluding carboxylic acids is 1. The molecule has 0 atom stereocenters. The van der Waals surface area contributed by atoms with Gasteiger partial charge in [0.15, 0.2) is 0 Å². The Morgan fingerprint density at radius 1 is 0.962 bits per heavy atom. The second-order valence-corrected chi connectivity index (χ2v) is 6.25. The number of amides is 1. The van der Waals surface area contributed by atoms with Gasteiger partial charge in [0.1, 0.15) is 5.69 Å². The predicted octanol–water partition coefficient (Wildman–Crippen LogP) is 4.53. The first-order chi connectivity index (χ1) is 12.7. The summed E-state index contributed by atoms with van der Waals surface area (Å²) in [5, 5.41) is 2.88. The molecule has 0 spiro atoms. The highest BCUT2D eigenvalue weighted by Crippen LogP contribution is 2.16. The smallest absolute Gasteiger partial charge is 0.274 e. The van der Waals surface area contributed by atoms with Crippen molar-refractivity contribution in [2.24, 2.45) is 0 Å². The predicted molar refractivity (Wildman–Crippen MR) is 107 cm³/mol. The van der Waals surface area contributed by atoms with Gasteiger partial charge in [-0.25, -0.2) is 4.98 Å². The molecule has 4 nitrogen and oxygen atoms in total.